The van der Waals surface area contributed by atoms with E-state index in [1.165, 1.54) is 19.2 Å². The molecule has 1 heterocycles. The van der Waals surface area contributed by atoms with Crippen molar-refractivity contribution in [2.24, 2.45) is 10.9 Å². The molecule has 2 aromatic carbocycles. The molecule has 0 aliphatic carbocycles. The fraction of sp³-hybridized carbons (Fsp3) is 0.111. The molecule has 1 atom stereocenters. The Bertz CT molecular complexity index is 1040. The van der Waals surface area contributed by atoms with E-state index < -0.39 is 28.7 Å². The molecule has 10 nitrogen and oxygen atoms in total. The van der Waals surface area contributed by atoms with Gasteiger partial charge >= 0.3 is 6.03 Å². The summed E-state index contributed by atoms with van der Waals surface area (Å²) in [5.41, 5.74) is 0.139. The number of carbonyl (C=O) groups is 3. The lowest BCUT2D eigenvalue weighted by Gasteiger charge is -2.28. The lowest BCUT2D eigenvalue weighted by atomic mass is 10.1. The number of aliphatic imine (C=N–C) groups is 1. The highest BCUT2D eigenvalue weighted by Gasteiger charge is 2.40. The van der Waals surface area contributed by atoms with Crippen LogP contribution in [0, 0.1) is 19.6 Å². The molecule has 0 aromatic heterocycles. The summed E-state index contributed by atoms with van der Waals surface area (Å²) >= 11 is 2.08. The molecule has 1 fully saturated rings. The summed E-state index contributed by atoms with van der Waals surface area (Å²) < 4.78 is 6.01. The van der Waals surface area contributed by atoms with Gasteiger partial charge in [-0.2, -0.15) is 0 Å². The third kappa shape index (κ3) is 4.23. The molecule has 1 aliphatic rings. The van der Waals surface area contributed by atoms with E-state index >= 15 is 0 Å². The molecule has 3 rings (SSSR count). The zero-order chi connectivity index (χ0) is 21.1. The van der Waals surface area contributed by atoms with Gasteiger partial charge in [-0.3, -0.25) is 30.0 Å². The number of amides is 4. The van der Waals surface area contributed by atoms with Crippen molar-refractivity contribution in [1.29, 1.82) is 0 Å². The van der Waals surface area contributed by atoms with Crippen molar-refractivity contribution in [3.8, 4) is 5.75 Å². The number of hydrogen-bond acceptors (Lipinski definition) is 7. The van der Waals surface area contributed by atoms with Crippen LogP contribution in [0.15, 0.2) is 47.5 Å². The van der Waals surface area contributed by atoms with Crippen LogP contribution in [0.3, 0.4) is 0 Å². The number of ether oxygens (including phenoxy) is 1. The molecule has 2 aromatic rings. The van der Waals surface area contributed by atoms with Gasteiger partial charge in [-0.25, -0.2) is 9.69 Å². The first kappa shape index (κ1) is 20.4. The molecule has 1 saturated heterocycles. The quantitative estimate of drug-likeness (QED) is 0.217. The number of imide groups is 2. The summed E-state index contributed by atoms with van der Waals surface area (Å²) in [5, 5.41) is 13.1. The van der Waals surface area contributed by atoms with Gasteiger partial charge in [0.05, 0.1) is 17.7 Å². The van der Waals surface area contributed by atoms with Gasteiger partial charge in [0.25, 0.3) is 11.6 Å². The maximum atomic E-state index is 12.8. The number of nitro groups is 1. The van der Waals surface area contributed by atoms with Gasteiger partial charge < -0.3 is 4.74 Å². The molecule has 4 amide bonds. The van der Waals surface area contributed by atoms with E-state index in [-0.39, 0.29) is 17.1 Å². The van der Waals surface area contributed by atoms with Crippen molar-refractivity contribution in [1.82, 2.24) is 5.32 Å². The lowest BCUT2D eigenvalue weighted by molar-refractivity contribution is -0.384. The minimum Gasteiger partial charge on any atom is -0.494 e. The highest BCUT2D eigenvalue weighted by atomic mass is 127. The van der Waals surface area contributed by atoms with Crippen LogP contribution in [-0.2, 0) is 9.59 Å². The standard InChI is InChI=1S/C18H13IN4O6/c1-29-15-7-6-12(23(27)28)8-14(15)20-9-13-16(24)21-18(26)22(17(13)25)11-4-2-10(19)3-5-11/h2-9,13H,1H3,(H,21,24,26)/t13-/m1/s1. The van der Waals surface area contributed by atoms with E-state index in [1.807, 2.05) is 0 Å². The third-order valence-electron chi connectivity index (χ3n) is 4.02. The number of nitrogens with one attached hydrogen (secondary N) is 1. The molecular weight excluding hydrogens is 495 g/mol. The van der Waals surface area contributed by atoms with Crippen LogP contribution in [0.2, 0.25) is 0 Å². The summed E-state index contributed by atoms with van der Waals surface area (Å²) in [6, 6.07) is 9.47. The Kier molecular flexibility index (Phi) is 5.87. The lowest BCUT2D eigenvalue weighted by Crippen LogP contribution is -2.58. The largest absolute Gasteiger partial charge is 0.494 e. The molecule has 29 heavy (non-hydrogen) atoms. The van der Waals surface area contributed by atoms with Gasteiger partial charge in [0.2, 0.25) is 5.91 Å². The maximum Gasteiger partial charge on any atom is 0.335 e. The number of nitrogens with zero attached hydrogens (tertiary/aromatic N) is 3. The third-order valence-corrected chi connectivity index (χ3v) is 4.74. The number of anilines is 1. The molecule has 0 saturated carbocycles. The van der Waals surface area contributed by atoms with E-state index in [2.05, 4.69) is 32.9 Å². The van der Waals surface area contributed by atoms with Gasteiger partial charge in [0.15, 0.2) is 5.92 Å². The van der Waals surface area contributed by atoms with Crippen LogP contribution in [0.4, 0.5) is 21.9 Å². The molecule has 0 radical (unpaired) electrons. The van der Waals surface area contributed by atoms with Crippen LogP contribution in [0.5, 0.6) is 5.75 Å². The molecule has 148 valence electrons. The van der Waals surface area contributed by atoms with Crippen molar-refractivity contribution in [3.63, 3.8) is 0 Å². The van der Waals surface area contributed by atoms with Gasteiger partial charge in [-0.15, -0.1) is 0 Å². The van der Waals surface area contributed by atoms with E-state index in [4.69, 9.17) is 4.74 Å². The van der Waals surface area contributed by atoms with Crippen molar-refractivity contribution in [2.45, 2.75) is 0 Å². The second-order valence-corrected chi connectivity index (χ2v) is 7.06. The molecule has 0 spiro atoms. The number of methoxy groups -OCH3 is 1. The van der Waals surface area contributed by atoms with Gasteiger partial charge in [0, 0.05) is 21.9 Å². The van der Waals surface area contributed by atoms with Crippen molar-refractivity contribution in [2.75, 3.05) is 12.0 Å². The predicted molar refractivity (Wildman–Crippen MR) is 111 cm³/mol. The Morgan fingerprint density at radius 1 is 1.21 bits per heavy atom. The maximum absolute atomic E-state index is 12.8. The number of carbonyl (C=O) groups excluding carboxylic acids is 3. The van der Waals surface area contributed by atoms with Crippen molar-refractivity contribution < 1.29 is 24.0 Å². The first-order valence-corrected chi connectivity index (χ1v) is 9.20. The summed E-state index contributed by atoms with van der Waals surface area (Å²) in [6.45, 7) is 0. The number of urea groups is 1. The summed E-state index contributed by atoms with van der Waals surface area (Å²) in [6.07, 6.45) is 1.03. The highest BCUT2D eigenvalue weighted by molar-refractivity contribution is 14.1. The molecule has 11 heteroatoms. The number of barbiturate groups is 1. The zero-order valence-electron chi connectivity index (χ0n) is 14.9. The minimum atomic E-state index is -1.39. The summed E-state index contributed by atoms with van der Waals surface area (Å²) in [7, 11) is 1.36. The monoisotopic (exact) mass is 508 g/mol. The Morgan fingerprint density at radius 3 is 2.52 bits per heavy atom. The fourth-order valence-corrected chi connectivity index (χ4v) is 2.96. The Hall–Kier alpha value is -3.35. The van der Waals surface area contributed by atoms with Gasteiger partial charge in [-0.1, -0.05) is 0 Å². The number of nitro benzene ring substituents is 1. The van der Waals surface area contributed by atoms with Crippen molar-refractivity contribution >= 4 is 63.7 Å². The van der Waals surface area contributed by atoms with Crippen LogP contribution in [0.25, 0.3) is 0 Å². The van der Waals surface area contributed by atoms with E-state index in [9.17, 15) is 24.5 Å². The van der Waals surface area contributed by atoms with E-state index in [0.29, 0.717) is 5.69 Å². The average Bonchev–Trinajstić information content (AvgIpc) is 2.68. The highest BCUT2D eigenvalue weighted by Crippen LogP contribution is 2.31. The van der Waals surface area contributed by atoms with Crippen molar-refractivity contribution in [3.05, 3.63) is 56.1 Å². The number of rotatable bonds is 5. The number of hydrogen-bond donors (Lipinski definition) is 1. The van der Waals surface area contributed by atoms with Crippen LogP contribution >= 0.6 is 22.6 Å². The zero-order valence-corrected chi connectivity index (χ0v) is 17.0. The number of benzene rings is 2. The summed E-state index contributed by atoms with van der Waals surface area (Å²) in [5.74, 6) is -2.79. The number of non-ortho nitro benzene ring substituents is 1. The summed E-state index contributed by atoms with van der Waals surface area (Å²) in [4.78, 5) is 52.4. The van der Waals surface area contributed by atoms with E-state index in [1.54, 1.807) is 24.3 Å². The van der Waals surface area contributed by atoms with Gasteiger partial charge in [0.1, 0.15) is 11.4 Å². The first-order valence-electron chi connectivity index (χ1n) is 8.13. The number of halogens is 1. The van der Waals surface area contributed by atoms with E-state index in [0.717, 1.165) is 20.8 Å². The predicted octanol–water partition coefficient (Wildman–Crippen LogP) is 2.81. The molecular formula is C18H13IN4O6. The van der Waals surface area contributed by atoms with Crippen LogP contribution < -0.4 is 15.0 Å². The SMILES string of the molecule is COc1ccc([N+](=O)[O-])cc1N=C[C@@H]1C(=O)NC(=O)N(c2ccc(I)cc2)C1=O. The van der Waals surface area contributed by atoms with Crippen LogP contribution in [0.1, 0.15) is 0 Å². The fourth-order valence-electron chi connectivity index (χ4n) is 2.60. The normalized spacial score (nSPS) is 16.8. The Morgan fingerprint density at radius 2 is 1.90 bits per heavy atom. The van der Waals surface area contributed by atoms with Crippen LogP contribution in [-0.4, -0.2) is 36.1 Å². The minimum absolute atomic E-state index is 0.0695. The molecule has 1 N–H and O–H groups in total. The topological polar surface area (TPSA) is 131 Å². The molecule has 0 unspecified atom stereocenters. The second-order valence-electron chi connectivity index (χ2n) is 5.81. The molecule has 0 bridgehead atoms. The average molecular weight is 508 g/mol. The second kappa shape index (κ2) is 8.34. The first-order chi connectivity index (χ1) is 13.8. The smallest absolute Gasteiger partial charge is 0.335 e. The molecule has 1 aliphatic heterocycles. The Balaban J connectivity index is 1.93. The van der Waals surface area contributed by atoms with Gasteiger partial charge in [-0.05, 0) is 52.9 Å². The Labute approximate surface area is 177 Å².